The van der Waals surface area contributed by atoms with Gasteiger partial charge in [0, 0.05) is 25.8 Å². The quantitative estimate of drug-likeness (QED) is 0.579. The normalized spacial score (nSPS) is 14.1. The minimum absolute atomic E-state index is 0.165. The Morgan fingerprint density at radius 3 is 2.59 bits per heavy atom. The fraction of sp³-hybridized carbons (Fsp3) is 0.412. The second kappa shape index (κ2) is 8.87. The molecule has 0 unspecified atom stereocenters. The number of rotatable bonds is 6. The summed E-state index contributed by atoms with van der Waals surface area (Å²) in [4.78, 5) is 25.7. The van der Waals surface area contributed by atoms with Crippen LogP contribution in [0.4, 0.5) is 11.6 Å². The first kappa shape index (κ1) is 19.2. The first-order valence-corrected chi connectivity index (χ1v) is 9.40. The van der Waals surface area contributed by atoms with Gasteiger partial charge in [0.15, 0.2) is 5.16 Å². The maximum Gasteiger partial charge on any atom is 0.337 e. The van der Waals surface area contributed by atoms with Gasteiger partial charge in [-0.25, -0.2) is 4.79 Å². The molecule has 2 aromatic rings. The lowest BCUT2D eigenvalue weighted by Crippen LogP contribution is -2.37. The Hall–Kier alpha value is -2.59. The molecule has 0 spiro atoms. The van der Waals surface area contributed by atoms with Crippen molar-refractivity contribution in [2.75, 3.05) is 49.4 Å². The van der Waals surface area contributed by atoms with Crippen LogP contribution in [-0.2, 0) is 21.3 Å². The third-order valence-corrected chi connectivity index (χ3v) is 5.05. The molecular weight excluding hydrogens is 370 g/mol. The second-order valence-corrected chi connectivity index (χ2v) is 6.79. The van der Waals surface area contributed by atoms with E-state index in [1.54, 1.807) is 24.3 Å². The van der Waals surface area contributed by atoms with E-state index < -0.39 is 5.97 Å². The molecule has 1 amide bonds. The molecule has 0 atom stereocenters. The standard InChI is InChI=1S/C17H21N5O4S/c1-21-16(22-7-9-26-10-8-22)19-20-17(21)27-11-14(23)18-13-5-3-12(4-6-13)15(24)25-2/h3-6H,7-11H2,1-2H3,(H,18,23). The highest BCUT2D eigenvalue weighted by molar-refractivity contribution is 7.99. The first-order chi connectivity index (χ1) is 13.1. The number of ether oxygens (including phenoxy) is 2. The van der Waals surface area contributed by atoms with Crippen LogP contribution in [0.15, 0.2) is 29.4 Å². The maximum atomic E-state index is 12.2. The Morgan fingerprint density at radius 1 is 1.22 bits per heavy atom. The van der Waals surface area contributed by atoms with Crippen LogP contribution >= 0.6 is 11.8 Å². The van der Waals surface area contributed by atoms with Crippen molar-refractivity contribution >= 4 is 35.3 Å². The molecule has 1 aliphatic rings. The Labute approximate surface area is 161 Å². The van der Waals surface area contributed by atoms with E-state index in [0.29, 0.717) is 29.6 Å². The SMILES string of the molecule is COC(=O)c1ccc(NC(=O)CSc2nnc(N3CCOCC3)n2C)cc1. The van der Waals surface area contributed by atoms with Crippen molar-refractivity contribution in [3.05, 3.63) is 29.8 Å². The van der Waals surface area contributed by atoms with Gasteiger partial charge in [-0.3, -0.25) is 9.36 Å². The zero-order chi connectivity index (χ0) is 19.2. The average Bonchev–Trinajstić information content (AvgIpc) is 3.07. The summed E-state index contributed by atoms with van der Waals surface area (Å²) in [5.74, 6) is 0.400. The van der Waals surface area contributed by atoms with Crippen molar-refractivity contribution in [1.29, 1.82) is 0 Å². The summed E-state index contributed by atoms with van der Waals surface area (Å²) in [7, 11) is 3.21. The third kappa shape index (κ3) is 4.77. The van der Waals surface area contributed by atoms with Crippen LogP contribution in [0.25, 0.3) is 0 Å². The fourth-order valence-corrected chi connectivity index (χ4v) is 3.31. The van der Waals surface area contributed by atoms with E-state index in [0.717, 1.165) is 19.0 Å². The van der Waals surface area contributed by atoms with Crippen molar-refractivity contribution < 1.29 is 19.1 Å². The highest BCUT2D eigenvalue weighted by Crippen LogP contribution is 2.21. The van der Waals surface area contributed by atoms with E-state index >= 15 is 0 Å². The van der Waals surface area contributed by atoms with Crippen LogP contribution in [0.1, 0.15) is 10.4 Å². The van der Waals surface area contributed by atoms with Crippen LogP contribution < -0.4 is 10.2 Å². The van der Waals surface area contributed by atoms with Gasteiger partial charge in [0.25, 0.3) is 0 Å². The Kier molecular flexibility index (Phi) is 6.30. The number of methoxy groups -OCH3 is 1. The number of aromatic nitrogens is 3. The van der Waals surface area contributed by atoms with Gasteiger partial charge < -0.3 is 19.7 Å². The van der Waals surface area contributed by atoms with Crippen LogP contribution in [0.5, 0.6) is 0 Å². The predicted octanol–water partition coefficient (Wildman–Crippen LogP) is 1.17. The zero-order valence-electron chi connectivity index (χ0n) is 15.2. The minimum atomic E-state index is -0.415. The van der Waals surface area contributed by atoms with Crippen molar-refractivity contribution in [2.24, 2.45) is 7.05 Å². The number of benzene rings is 1. The van der Waals surface area contributed by atoms with Gasteiger partial charge in [0.2, 0.25) is 11.9 Å². The topological polar surface area (TPSA) is 98.6 Å². The molecule has 27 heavy (non-hydrogen) atoms. The highest BCUT2D eigenvalue weighted by atomic mass is 32.2. The van der Waals surface area contributed by atoms with Crippen molar-refractivity contribution in [2.45, 2.75) is 5.16 Å². The molecule has 1 aromatic carbocycles. The number of morpholine rings is 1. The van der Waals surface area contributed by atoms with E-state index in [2.05, 4.69) is 25.2 Å². The van der Waals surface area contributed by atoms with Crippen LogP contribution in [0, 0.1) is 0 Å². The third-order valence-electron chi connectivity index (χ3n) is 4.03. The summed E-state index contributed by atoms with van der Waals surface area (Å²) in [6, 6.07) is 6.53. The first-order valence-electron chi connectivity index (χ1n) is 8.41. The number of anilines is 2. The molecule has 0 aliphatic carbocycles. The van der Waals surface area contributed by atoms with Crippen LogP contribution in [0.2, 0.25) is 0 Å². The summed E-state index contributed by atoms with van der Waals surface area (Å²) in [5, 5.41) is 11.9. The lowest BCUT2D eigenvalue weighted by Gasteiger charge is -2.27. The molecule has 10 heteroatoms. The molecular formula is C17H21N5O4S. The van der Waals surface area contributed by atoms with Gasteiger partial charge in [-0.05, 0) is 24.3 Å². The van der Waals surface area contributed by atoms with Crippen molar-refractivity contribution in [3.8, 4) is 0 Å². The summed E-state index contributed by atoms with van der Waals surface area (Å²) >= 11 is 1.32. The summed E-state index contributed by atoms with van der Waals surface area (Å²) < 4.78 is 11.9. The fourth-order valence-electron chi connectivity index (χ4n) is 2.61. The number of hydrogen-bond acceptors (Lipinski definition) is 8. The number of carbonyl (C=O) groups is 2. The molecule has 2 heterocycles. The smallest absolute Gasteiger partial charge is 0.337 e. The van der Waals surface area contributed by atoms with Gasteiger partial charge in [-0.2, -0.15) is 0 Å². The van der Waals surface area contributed by atoms with E-state index in [-0.39, 0.29) is 11.7 Å². The second-order valence-electron chi connectivity index (χ2n) is 5.85. The Balaban J connectivity index is 1.53. The molecule has 1 saturated heterocycles. The van der Waals surface area contributed by atoms with Gasteiger partial charge in [0.05, 0.1) is 31.6 Å². The molecule has 3 rings (SSSR count). The molecule has 0 radical (unpaired) electrons. The molecule has 0 saturated carbocycles. The summed E-state index contributed by atoms with van der Waals surface area (Å²) in [6.07, 6.45) is 0. The van der Waals surface area contributed by atoms with Crippen molar-refractivity contribution in [1.82, 2.24) is 14.8 Å². The maximum absolute atomic E-state index is 12.2. The van der Waals surface area contributed by atoms with Gasteiger partial charge in [-0.15, -0.1) is 10.2 Å². The van der Waals surface area contributed by atoms with Gasteiger partial charge in [-0.1, -0.05) is 11.8 Å². The van der Waals surface area contributed by atoms with E-state index in [9.17, 15) is 9.59 Å². The number of hydrogen-bond donors (Lipinski definition) is 1. The molecule has 1 N–H and O–H groups in total. The minimum Gasteiger partial charge on any atom is -0.465 e. The molecule has 1 aliphatic heterocycles. The van der Waals surface area contributed by atoms with E-state index in [4.69, 9.17) is 4.74 Å². The van der Waals surface area contributed by atoms with Gasteiger partial charge >= 0.3 is 5.97 Å². The highest BCUT2D eigenvalue weighted by Gasteiger charge is 2.19. The predicted molar refractivity (Wildman–Crippen MR) is 101 cm³/mol. The van der Waals surface area contributed by atoms with Crippen LogP contribution in [0.3, 0.4) is 0 Å². The molecule has 144 valence electrons. The Morgan fingerprint density at radius 2 is 1.93 bits per heavy atom. The number of thioether (sulfide) groups is 1. The molecule has 1 fully saturated rings. The molecule has 9 nitrogen and oxygen atoms in total. The largest absolute Gasteiger partial charge is 0.465 e. The molecule has 1 aromatic heterocycles. The number of nitrogens with zero attached hydrogens (tertiary/aromatic N) is 4. The summed E-state index contributed by atoms with van der Waals surface area (Å²) in [5.41, 5.74) is 1.04. The number of esters is 1. The lowest BCUT2D eigenvalue weighted by molar-refractivity contribution is -0.113. The number of carbonyl (C=O) groups excluding carboxylic acids is 2. The average molecular weight is 391 g/mol. The van der Waals surface area contributed by atoms with Crippen LogP contribution in [-0.4, -0.2) is 65.8 Å². The Bertz CT molecular complexity index is 802. The van der Waals surface area contributed by atoms with Crippen molar-refractivity contribution in [3.63, 3.8) is 0 Å². The van der Waals surface area contributed by atoms with E-state index in [1.807, 2.05) is 11.6 Å². The zero-order valence-corrected chi connectivity index (χ0v) is 16.0. The number of amides is 1. The monoisotopic (exact) mass is 391 g/mol. The van der Waals surface area contributed by atoms with E-state index in [1.165, 1.54) is 18.9 Å². The number of nitrogens with one attached hydrogen (secondary N) is 1. The lowest BCUT2D eigenvalue weighted by atomic mass is 10.2. The summed E-state index contributed by atoms with van der Waals surface area (Å²) in [6.45, 7) is 2.90. The van der Waals surface area contributed by atoms with Gasteiger partial charge in [0.1, 0.15) is 0 Å². The molecule has 0 bridgehead atoms.